The summed E-state index contributed by atoms with van der Waals surface area (Å²) in [6.45, 7) is 6.63. The molecular weight excluding hydrogens is 508 g/mol. The van der Waals surface area contributed by atoms with Gasteiger partial charge in [0.2, 0.25) is 10.0 Å². The molecule has 11 heteroatoms. The minimum atomic E-state index is -3.87. The van der Waals surface area contributed by atoms with Gasteiger partial charge in [-0.25, -0.2) is 13.4 Å². The number of sulfonamides is 1. The molecule has 37 heavy (non-hydrogen) atoms. The van der Waals surface area contributed by atoms with E-state index in [9.17, 15) is 13.2 Å². The monoisotopic (exact) mass is 536 g/mol. The quantitative estimate of drug-likeness (QED) is 0.430. The number of amides is 1. The molecule has 4 rings (SSSR count). The average molecular weight is 537 g/mol. The maximum atomic E-state index is 13.1. The first kappa shape index (κ1) is 26.6. The van der Waals surface area contributed by atoms with Crippen molar-refractivity contribution in [1.29, 1.82) is 10.5 Å². The number of rotatable bonds is 8. The first-order valence-electron chi connectivity index (χ1n) is 12.0. The SMILES string of the molecule is Cc1ccc2sc(N3CCN(C(=O)c4ccc(S(=O)(=O)N(CCC#N)CCC#N)cc4)CC3)nc2c1C. The highest BCUT2D eigenvalue weighted by Crippen LogP contribution is 2.32. The van der Waals surface area contributed by atoms with Gasteiger partial charge in [0, 0.05) is 57.7 Å². The van der Waals surface area contributed by atoms with Crippen molar-refractivity contribution >= 4 is 42.6 Å². The fourth-order valence-electron chi connectivity index (χ4n) is 4.25. The number of nitrogens with zero attached hydrogens (tertiary/aromatic N) is 6. The van der Waals surface area contributed by atoms with Crippen molar-refractivity contribution in [1.82, 2.24) is 14.2 Å². The second-order valence-electron chi connectivity index (χ2n) is 8.87. The lowest BCUT2D eigenvalue weighted by Gasteiger charge is -2.34. The number of thiazole rings is 1. The van der Waals surface area contributed by atoms with Gasteiger partial charge < -0.3 is 9.80 Å². The summed E-state index contributed by atoms with van der Waals surface area (Å²) in [6, 6.07) is 14.0. The molecule has 0 atom stereocenters. The Morgan fingerprint density at radius 2 is 1.62 bits per heavy atom. The van der Waals surface area contributed by atoms with Gasteiger partial charge in [-0.3, -0.25) is 4.79 Å². The Morgan fingerprint density at radius 1 is 1.00 bits per heavy atom. The van der Waals surface area contributed by atoms with E-state index in [1.807, 2.05) is 12.1 Å². The maximum Gasteiger partial charge on any atom is 0.253 e. The number of benzene rings is 2. The Labute approximate surface area is 221 Å². The molecule has 1 fully saturated rings. The molecule has 1 aliphatic rings. The average Bonchev–Trinajstić information content (AvgIpc) is 3.36. The molecule has 9 nitrogen and oxygen atoms in total. The molecule has 1 aromatic heterocycles. The van der Waals surface area contributed by atoms with Gasteiger partial charge in [0.05, 0.1) is 27.3 Å². The van der Waals surface area contributed by atoms with Gasteiger partial charge in [0.25, 0.3) is 5.91 Å². The number of aryl methyl sites for hydroxylation is 2. The summed E-state index contributed by atoms with van der Waals surface area (Å²) in [5, 5.41) is 18.7. The van der Waals surface area contributed by atoms with Crippen molar-refractivity contribution in [2.24, 2.45) is 0 Å². The molecule has 1 aliphatic heterocycles. The van der Waals surface area contributed by atoms with E-state index in [-0.39, 0.29) is 36.7 Å². The van der Waals surface area contributed by atoms with Crippen molar-refractivity contribution in [2.75, 3.05) is 44.2 Å². The molecule has 192 valence electrons. The van der Waals surface area contributed by atoms with Crippen LogP contribution in [0, 0.1) is 36.5 Å². The molecule has 1 amide bonds. The second-order valence-corrected chi connectivity index (χ2v) is 11.8. The Kier molecular flexibility index (Phi) is 8.08. The lowest BCUT2D eigenvalue weighted by molar-refractivity contribution is 0.0746. The third kappa shape index (κ3) is 5.59. The summed E-state index contributed by atoms with van der Waals surface area (Å²) >= 11 is 1.66. The summed E-state index contributed by atoms with van der Waals surface area (Å²) in [6.07, 6.45) is 0.0624. The van der Waals surface area contributed by atoms with Gasteiger partial charge in [-0.05, 0) is 55.3 Å². The smallest absolute Gasteiger partial charge is 0.253 e. The Bertz CT molecular complexity index is 1460. The topological polar surface area (TPSA) is 121 Å². The van der Waals surface area contributed by atoms with Crippen LogP contribution >= 0.6 is 11.3 Å². The molecule has 2 aromatic carbocycles. The fourth-order valence-corrected chi connectivity index (χ4v) is 6.77. The number of nitriles is 2. The zero-order valence-corrected chi connectivity index (χ0v) is 22.5. The van der Waals surface area contributed by atoms with E-state index in [0.29, 0.717) is 31.7 Å². The van der Waals surface area contributed by atoms with Gasteiger partial charge in [0.15, 0.2) is 5.13 Å². The summed E-state index contributed by atoms with van der Waals surface area (Å²) < 4.78 is 28.3. The van der Waals surface area contributed by atoms with E-state index in [1.54, 1.807) is 16.2 Å². The van der Waals surface area contributed by atoms with Crippen molar-refractivity contribution in [3.05, 3.63) is 53.1 Å². The van der Waals surface area contributed by atoms with E-state index in [1.165, 1.54) is 35.4 Å². The number of anilines is 1. The molecule has 3 aromatic rings. The zero-order valence-electron chi connectivity index (χ0n) is 20.8. The zero-order chi connectivity index (χ0) is 26.6. The molecular formula is C26H28N6O3S2. The summed E-state index contributed by atoms with van der Waals surface area (Å²) in [5.74, 6) is -0.148. The van der Waals surface area contributed by atoms with E-state index in [0.717, 1.165) is 19.7 Å². The summed E-state index contributed by atoms with van der Waals surface area (Å²) in [4.78, 5) is 22.0. The van der Waals surface area contributed by atoms with Gasteiger partial charge in [-0.2, -0.15) is 14.8 Å². The number of fused-ring (bicyclic) bond motifs is 1. The van der Waals surface area contributed by atoms with Crippen LogP contribution in [0.3, 0.4) is 0 Å². The van der Waals surface area contributed by atoms with Crippen LogP contribution in [-0.2, 0) is 10.0 Å². The van der Waals surface area contributed by atoms with Crippen LogP contribution in [0.25, 0.3) is 10.2 Å². The number of carbonyl (C=O) groups excluding carboxylic acids is 1. The number of piperazine rings is 1. The van der Waals surface area contributed by atoms with E-state index in [4.69, 9.17) is 15.5 Å². The number of hydrogen-bond donors (Lipinski definition) is 0. The summed E-state index contributed by atoms with van der Waals surface area (Å²) in [5.41, 5.74) is 3.86. The first-order valence-corrected chi connectivity index (χ1v) is 14.3. The van der Waals surface area contributed by atoms with E-state index < -0.39 is 10.0 Å². The van der Waals surface area contributed by atoms with Crippen molar-refractivity contribution in [3.8, 4) is 12.1 Å². The third-order valence-electron chi connectivity index (χ3n) is 6.60. The molecule has 0 bridgehead atoms. The first-order chi connectivity index (χ1) is 17.8. The lowest BCUT2D eigenvalue weighted by atomic mass is 10.1. The highest BCUT2D eigenvalue weighted by Gasteiger charge is 2.27. The Morgan fingerprint density at radius 3 is 2.22 bits per heavy atom. The Hall–Kier alpha value is -3.51. The fraction of sp³-hybridized carbons (Fsp3) is 0.385. The normalized spacial score (nSPS) is 14.1. The van der Waals surface area contributed by atoms with Gasteiger partial charge in [-0.1, -0.05) is 17.4 Å². The molecule has 0 N–H and O–H groups in total. The van der Waals surface area contributed by atoms with Crippen molar-refractivity contribution in [2.45, 2.75) is 31.6 Å². The third-order valence-corrected chi connectivity index (χ3v) is 9.59. The molecule has 0 unspecified atom stereocenters. The highest BCUT2D eigenvalue weighted by molar-refractivity contribution is 7.89. The second kappa shape index (κ2) is 11.3. The number of aromatic nitrogens is 1. The Balaban J connectivity index is 1.42. The van der Waals surface area contributed by atoms with Crippen molar-refractivity contribution in [3.63, 3.8) is 0 Å². The molecule has 1 saturated heterocycles. The van der Waals surface area contributed by atoms with Crippen LogP contribution in [0.15, 0.2) is 41.3 Å². The van der Waals surface area contributed by atoms with Gasteiger partial charge in [0.1, 0.15) is 0 Å². The van der Waals surface area contributed by atoms with Crippen LogP contribution in [0.5, 0.6) is 0 Å². The highest BCUT2D eigenvalue weighted by atomic mass is 32.2. The maximum absolute atomic E-state index is 13.1. The number of carbonyl (C=O) groups is 1. The molecule has 2 heterocycles. The minimum absolute atomic E-state index is 0.0132. The molecule has 0 spiro atoms. The largest absolute Gasteiger partial charge is 0.345 e. The van der Waals surface area contributed by atoms with Crippen molar-refractivity contribution < 1.29 is 13.2 Å². The molecule has 0 radical (unpaired) electrons. The molecule has 0 aliphatic carbocycles. The lowest BCUT2D eigenvalue weighted by Crippen LogP contribution is -2.48. The van der Waals surface area contributed by atoms with Crippen LogP contribution < -0.4 is 4.90 Å². The van der Waals surface area contributed by atoms with E-state index >= 15 is 0 Å². The van der Waals surface area contributed by atoms with Crippen LogP contribution in [-0.4, -0.2) is 67.8 Å². The minimum Gasteiger partial charge on any atom is -0.345 e. The van der Waals surface area contributed by atoms with Gasteiger partial charge in [-0.15, -0.1) is 0 Å². The molecule has 0 saturated carbocycles. The van der Waals surface area contributed by atoms with Crippen LogP contribution in [0.4, 0.5) is 5.13 Å². The van der Waals surface area contributed by atoms with Crippen LogP contribution in [0.1, 0.15) is 34.3 Å². The number of hydrogen-bond acceptors (Lipinski definition) is 8. The van der Waals surface area contributed by atoms with E-state index in [2.05, 4.69) is 30.9 Å². The predicted molar refractivity (Wildman–Crippen MR) is 143 cm³/mol. The van der Waals surface area contributed by atoms with Gasteiger partial charge >= 0.3 is 0 Å². The predicted octanol–water partition coefficient (Wildman–Crippen LogP) is 3.69. The summed E-state index contributed by atoms with van der Waals surface area (Å²) in [7, 11) is -3.87. The standard InChI is InChI=1S/C26H28N6O3S2/c1-19-5-10-23-24(20(19)2)29-26(36-23)31-17-15-30(16-18-31)25(33)21-6-8-22(9-7-21)37(34,35)32(13-3-11-27)14-4-12-28/h5-10H,3-4,13-18H2,1-2H3. The van der Waals surface area contributed by atoms with Crippen LogP contribution in [0.2, 0.25) is 0 Å².